The Morgan fingerprint density at radius 1 is 1.21 bits per heavy atom. The van der Waals surface area contributed by atoms with Crippen molar-refractivity contribution >= 4 is 69.3 Å². The minimum absolute atomic E-state index is 0.0168. The minimum atomic E-state index is -3.80. The molecule has 2 rings (SSSR count). The Morgan fingerprint density at radius 2 is 1.79 bits per heavy atom. The predicted molar refractivity (Wildman–Crippen MR) is 83.4 cm³/mol. The maximum atomic E-state index is 12.2. The first-order valence-corrected chi connectivity index (χ1v) is 8.63. The molecule has 0 radical (unpaired) electrons. The second kappa shape index (κ2) is 5.43. The van der Waals surface area contributed by atoms with Crippen molar-refractivity contribution < 1.29 is 8.42 Å². The number of nitrogens with two attached hydrogens (primary N) is 1. The standard InChI is InChI=1S/C9H7Br3N4O2S/c10-4-1-5(11)8(6(12)2-4)16-19(17,18)7-3-14-15-9(7)13/h1-3,16H,(H3,13,14,15). The molecule has 0 amide bonds. The molecule has 19 heavy (non-hydrogen) atoms. The summed E-state index contributed by atoms with van der Waals surface area (Å²) in [5.74, 6) is -0.0168. The van der Waals surface area contributed by atoms with Gasteiger partial charge in [0.2, 0.25) is 0 Å². The molecule has 0 saturated carbocycles. The zero-order chi connectivity index (χ0) is 14.2. The molecular weight excluding hydrogens is 468 g/mol. The van der Waals surface area contributed by atoms with E-state index in [-0.39, 0.29) is 10.7 Å². The molecule has 0 bridgehead atoms. The van der Waals surface area contributed by atoms with Crippen molar-refractivity contribution in [3.8, 4) is 0 Å². The Morgan fingerprint density at radius 3 is 2.26 bits per heavy atom. The highest BCUT2D eigenvalue weighted by molar-refractivity contribution is 9.11. The van der Waals surface area contributed by atoms with Crippen LogP contribution in [0.15, 0.2) is 36.6 Å². The molecular formula is C9H7Br3N4O2S. The molecule has 10 heteroatoms. The summed E-state index contributed by atoms with van der Waals surface area (Å²) in [7, 11) is -3.80. The van der Waals surface area contributed by atoms with Crippen LogP contribution in [0.3, 0.4) is 0 Å². The van der Waals surface area contributed by atoms with Gasteiger partial charge in [0, 0.05) is 13.4 Å². The van der Waals surface area contributed by atoms with Gasteiger partial charge in [0.15, 0.2) is 0 Å². The van der Waals surface area contributed by atoms with E-state index in [1.807, 2.05) is 0 Å². The smallest absolute Gasteiger partial charge is 0.267 e. The highest BCUT2D eigenvalue weighted by atomic mass is 79.9. The quantitative estimate of drug-likeness (QED) is 0.636. The van der Waals surface area contributed by atoms with Crippen LogP contribution in [0.5, 0.6) is 0 Å². The van der Waals surface area contributed by atoms with Crippen molar-refractivity contribution in [2.75, 3.05) is 10.5 Å². The first kappa shape index (κ1) is 14.8. The zero-order valence-corrected chi connectivity index (χ0v) is 14.7. The number of anilines is 2. The molecule has 1 aromatic carbocycles. The van der Waals surface area contributed by atoms with Crippen LogP contribution >= 0.6 is 47.8 Å². The summed E-state index contributed by atoms with van der Waals surface area (Å²) in [6, 6.07) is 3.45. The molecule has 0 aliphatic rings. The van der Waals surface area contributed by atoms with Gasteiger partial charge in [-0.25, -0.2) is 8.42 Å². The lowest BCUT2D eigenvalue weighted by Crippen LogP contribution is -2.14. The fourth-order valence-corrected chi connectivity index (χ4v) is 5.17. The fourth-order valence-electron chi connectivity index (χ4n) is 1.33. The summed E-state index contributed by atoms with van der Waals surface area (Å²) in [5, 5.41) is 5.97. The fraction of sp³-hybridized carbons (Fsp3) is 0. The molecule has 1 heterocycles. The van der Waals surface area contributed by atoms with Gasteiger partial charge in [0.1, 0.15) is 10.7 Å². The molecule has 0 fully saturated rings. The molecule has 0 saturated heterocycles. The van der Waals surface area contributed by atoms with Crippen LogP contribution < -0.4 is 10.5 Å². The van der Waals surface area contributed by atoms with Gasteiger partial charge in [-0.05, 0) is 44.0 Å². The van der Waals surface area contributed by atoms with Crippen molar-refractivity contribution in [2.45, 2.75) is 4.90 Å². The Balaban J connectivity index is 2.45. The topological polar surface area (TPSA) is 101 Å². The van der Waals surface area contributed by atoms with Gasteiger partial charge in [0.25, 0.3) is 10.0 Å². The van der Waals surface area contributed by atoms with Crippen molar-refractivity contribution in [3.05, 3.63) is 31.7 Å². The highest BCUT2D eigenvalue weighted by Crippen LogP contribution is 2.36. The molecule has 6 nitrogen and oxygen atoms in total. The average Bonchev–Trinajstić information content (AvgIpc) is 2.70. The van der Waals surface area contributed by atoms with E-state index in [1.165, 1.54) is 0 Å². The number of halogens is 3. The number of aromatic nitrogens is 2. The first-order valence-electron chi connectivity index (χ1n) is 4.77. The number of aromatic amines is 1. The number of benzene rings is 1. The van der Waals surface area contributed by atoms with Crippen LogP contribution in [0.2, 0.25) is 0 Å². The van der Waals surface area contributed by atoms with Gasteiger partial charge >= 0.3 is 0 Å². The number of hydrogen-bond donors (Lipinski definition) is 3. The van der Waals surface area contributed by atoms with Crippen LogP contribution in [-0.4, -0.2) is 18.6 Å². The summed E-state index contributed by atoms with van der Waals surface area (Å²) in [6.45, 7) is 0. The van der Waals surface area contributed by atoms with Gasteiger partial charge < -0.3 is 5.73 Å². The normalized spacial score (nSPS) is 11.5. The maximum absolute atomic E-state index is 12.2. The van der Waals surface area contributed by atoms with Crippen LogP contribution in [0, 0.1) is 0 Å². The predicted octanol–water partition coefficient (Wildman–Crippen LogP) is 3.08. The number of hydrogen-bond acceptors (Lipinski definition) is 4. The van der Waals surface area contributed by atoms with E-state index < -0.39 is 10.0 Å². The lowest BCUT2D eigenvalue weighted by atomic mass is 10.3. The number of nitrogens with one attached hydrogen (secondary N) is 2. The van der Waals surface area contributed by atoms with Crippen LogP contribution in [0.1, 0.15) is 0 Å². The third-order valence-electron chi connectivity index (χ3n) is 2.17. The van der Waals surface area contributed by atoms with Crippen LogP contribution in [0.25, 0.3) is 0 Å². The van der Waals surface area contributed by atoms with E-state index in [4.69, 9.17) is 5.73 Å². The van der Waals surface area contributed by atoms with Crippen LogP contribution in [-0.2, 0) is 10.0 Å². The van der Waals surface area contributed by atoms with Gasteiger partial charge in [0.05, 0.1) is 11.9 Å². The van der Waals surface area contributed by atoms with E-state index in [0.717, 1.165) is 10.7 Å². The maximum Gasteiger partial charge on any atom is 0.267 e. The average molecular weight is 475 g/mol. The number of nitrogen functional groups attached to an aromatic ring is 1. The second-order valence-corrected chi connectivity index (χ2v) is 7.77. The van der Waals surface area contributed by atoms with E-state index in [2.05, 4.69) is 62.7 Å². The molecule has 0 aliphatic carbocycles. The largest absolute Gasteiger partial charge is 0.383 e. The molecule has 4 N–H and O–H groups in total. The monoisotopic (exact) mass is 472 g/mol. The summed E-state index contributed by atoms with van der Waals surface area (Å²) < 4.78 is 28.7. The Hall–Kier alpha value is -0.580. The molecule has 0 unspecified atom stereocenters. The molecule has 102 valence electrons. The van der Waals surface area contributed by atoms with Crippen molar-refractivity contribution in [2.24, 2.45) is 0 Å². The Bertz CT molecular complexity index is 706. The SMILES string of the molecule is Nc1[nH]ncc1S(=O)(=O)Nc1c(Br)cc(Br)cc1Br. The summed E-state index contributed by atoms with van der Waals surface area (Å²) in [4.78, 5) is -0.103. The van der Waals surface area contributed by atoms with Gasteiger partial charge in [-0.3, -0.25) is 9.82 Å². The van der Waals surface area contributed by atoms with Crippen molar-refractivity contribution in [3.63, 3.8) is 0 Å². The van der Waals surface area contributed by atoms with E-state index in [0.29, 0.717) is 14.6 Å². The zero-order valence-electron chi connectivity index (χ0n) is 9.12. The van der Waals surface area contributed by atoms with Crippen molar-refractivity contribution in [1.29, 1.82) is 0 Å². The lowest BCUT2D eigenvalue weighted by molar-refractivity contribution is 0.601. The van der Waals surface area contributed by atoms with Gasteiger partial charge in [-0.1, -0.05) is 15.9 Å². The van der Waals surface area contributed by atoms with E-state index in [1.54, 1.807) is 12.1 Å². The van der Waals surface area contributed by atoms with E-state index >= 15 is 0 Å². The molecule has 0 atom stereocenters. The lowest BCUT2D eigenvalue weighted by Gasteiger charge is -2.11. The number of sulfonamides is 1. The Labute approximate surface area is 134 Å². The minimum Gasteiger partial charge on any atom is -0.383 e. The summed E-state index contributed by atoms with van der Waals surface area (Å²) in [5.41, 5.74) is 5.89. The number of nitrogens with zero attached hydrogens (tertiary/aromatic N) is 1. The third kappa shape index (κ3) is 3.12. The summed E-state index contributed by atoms with van der Waals surface area (Å²) >= 11 is 9.89. The van der Waals surface area contributed by atoms with Gasteiger partial charge in [-0.15, -0.1) is 0 Å². The van der Waals surface area contributed by atoms with Crippen molar-refractivity contribution in [1.82, 2.24) is 10.2 Å². The van der Waals surface area contributed by atoms with E-state index in [9.17, 15) is 8.42 Å². The third-order valence-corrected chi connectivity index (χ3v) is 5.25. The molecule has 1 aromatic heterocycles. The Kier molecular flexibility index (Phi) is 4.23. The first-order chi connectivity index (χ1) is 8.81. The molecule has 2 aromatic rings. The molecule has 0 aliphatic heterocycles. The summed E-state index contributed by atoms with van der Waals surface area (Å²) in [6.07, 6.45) is 1.15. The number of H-pyrrole nitrogens is 1. The van der Waals surface area contributed by atoms with Crippen LogP contribution in [0.4, 0.5) is 11.5 Å². The van der Waals surface area contributed by atoms with Gasteiger partial charge in [-0.2, -0.15) is 5.10 Å². The number of rotatable bonds is 3. The highest BCUT2D eigenvalue weighted by Gasteiger charge is 2.21. The molecule has 0 spiro atoms. The second-order valence-electron chi connectivity index (χ2n) is 3.50.